The first-order chi connectivity index (χ1) is 9.16. The molecule has 19 heavy (non-hydrogen) atoms. The van der Waals surface area contributed by atoms with E-state index in [-0.39, 0.29) is 5.92 Å². The molecule has 104 valence electrons. The van der Waals surface area contributed by atoms with Gasteiger partial charge < -0.3 is 14.4 Å². The van der Waals surface area contributed by atoms with E-state index >= 15 is 0 Å². The van der Waals surface area contributed by atoms with Crippen molar-refractivity contribution in [1.29, 1.82) is 0 Å². The summed E-state index contributed by atoms with van der Waals surface area (Å²) < 4.78 is 8.20. The van der Waals surface area contributed by atoms with Crippen molar-refractivity contribution in [2.75, 3.05) is 13.2 Å². The molecule has 1 atom stereocenters. The Morgan fingerprint density at radius 1 is 1.37 bits per heavy atom. The van der Waals surface area contributed by atoms with Gasteiger partial charge in [0.25, 0.3) is 0 Å². The van der Waals surface area contributed by atoms with Gasteiger partial charge in [0.2, 0.25) is 0 Å². The third-order valence-corrected chi connectivity index (χ3v) is 4.75. The molecule has 0 aromatic carbocycles. The lowest BCUT2D eigenvalue weighted by molar-refractivity contribution is -0.142. The van der Waals surface area contributed by atoms with E-state index in [1.165, 1.54) is 5.69 Å². The molecule has 1 saturated heterocycles. The van der Waals surface area contributed by atoms with Crippen LogP contribution in [0.4, 0.5) is 0 Å². The largest absolute Gasteiger partial charge is 0.481 e. The molecule has 1 aromatic rings. The van der Waals surface area contributed by atoms with Crippen molar-refractivity contribution in [1.82, 2.24) is 9.55 Å². The summed E-state index contributed by atoms with van der Waals surface area (Å²) in [7, 11) is 0. The number of nitrogens with zero attached hydrogens (tertiary/aromatic N) is 2. The van der Waals surface area contributed by atoms with Gasteiger partial charge in [0.15, 0.2) is 4.73 Å². The smallest absolute Gasteiger partial charge is 0.308 e. The first-order valence-corrected chi connectivity index (χ1v) is 7.51. The van der Waals surface area contributed by atoms with Crippen LogP contribution in [-0.4, -0.2) is 33.8 Å². The molecule has 1 aromatic heterocycles. The van der Waals surface area contributed by atoms with Crippen molar-refractivity contribution in [2.24, 2.45) is 5.92 Å². The number of aromatic nitrogens is 2. The fourth-order valence-electron chi connectivity index (χ4n) is 3.04. The van der Waals surface area contributed by atoms with Gasteiger partial charge in [-0.25, -0.2) is 4.98 Å². The van der Waals surface area contributed by atoms with E-state index in [4.69, 9.17) is 9.84 Å². The number of carboxylic acid groups (broad SMARTS) is 1. The molecule has 1 fully saturated rings. The molecule has 2 aliphatic heterocycles. The van der Waals surface area contributed by atoms with Crippen molar-refractivity contribution in [3.05, 3.63) is 16.1 Å². The van der Waals surface area contributed by atoms with Gasteiger partial charge in [0.05, 0.1) is 11.6 Å². The first kappa shape index (κ1) is 13.1. The molecule has 0 spiro atoms. The molecule has 0 aliphatic carbocycles. The van der Waals surface area contributed by atoms with Crippen molar-refractivity contribution in [3.8, 4) is 0 Å². The number of carboxylic acids is 1. The van der Waals surface area contributed by atoms with Crippen LogP contribution in [0.1, 0.15) is 36.6 Å². The van der Waals surface area contributed by atoms with Crippen LogP contribution >= 0.6 is 15.9 Å². The van der Waals surface area contributed by atoms with E-state index in [2.05, 4.69) is 20.9 Å². The highest BCUT2D eigenvalue weighted by atomic mass is 79.9. The van der Waals surface area contributed by atoms with Crippen LogP contribution in [-0.2, 0) is 22.5 Å². The normalized spacial score (nSPS) is 24.2. The Kier molecular flexibility index (Phi) is 3.62. The Labute approximate surface area is 120 Å². The quantitative estimate of drug-likeness (QED) is 0.903. The molecule has 1 unspecified atom stereocenters. The lowest BCUT2D eigenvalue weighted by Crippen LogP contribution is -2.27. The molecule has 0 amide bonds. The second-order valence-electron chi connectivity index (χ2n) is 5.28. The number of ether oxygens (including phenoxy) is 1. The Hall–Kier alpha value is -0.880. The monoisotopic (exact) mass is 328 g/mol. The highest BCUT2D eigenvalue weighted by Crippen LogP contribution is 2.34. The van der Waals surface area contributed by atoms with Gasteiger partial charge in [0.1, 0.15) is 0 Å². The summed E-state index contributed by atoms with van der Waals surface area (Å²) in [5.74, 6) is -0.540. The second kappa shape index (κ2) is 5.25. The fourth-order valence-corrected chi connectivity index (χ4v) is 3.59. The van der Waals surface area contributed by atoms with E-state index in [1.807, 2.05) is 4.57 Å². The van der Waals surface area contributed by atoms with Crippen LogP contribution in [0.2, 0.25) is 0 Å². The minimum Gasteiger partial charge on any atom is -0.481 e. The van der Waals surface area contributed by atoms with Crippen molar-refractivity contribution >= 4 is 21.9 Å². The average molecular weight is 329 g/mol. The van der Waals surface area contributed by atoms with Crippen molar-refractivity contribution in [3.63, 3.8) is 0 Å². The third-order valence-electron chi connectivity index (χ3n) is 4.15. The van der Waals surface area contributed by atoms with E-state index in [1.54, 1.807) is 0 Å². The van der Waals surface area contributed by atoms with Gasteiger partial charge in [-0.15, -0.1) is 0 Å². The number of rotatable bonds is 2. The summed E-state index contributed by atoms with van der Waals surface area (Å²) in [6, 6.07) is 0. The summed E-state index contributed by atoms with van der Waals surface area (Å²) in [6.45, 7) is 2.13. The third kappa shape index (κ3) is 2.43. The zero-order valence-corrected chi connectivity index (χ0v) is 12.2. The molecule has 0 bridgehead atoms. The number of carbonyl (C=O) groups is 1. The molecular formula is C13H17BrN2O3. The summed E-state index contributed by atoms with van der Waals surface area (Å²) >= 11 is 3.47. The molecule has 5 nitrogen and oxygen atoms in total. The highest BCUT2D eigenvalue weighted by Gasteiger charge is 2.31. The number of fused-ring (bicyclic) bond motifs is 1. The van der Waals surface area contributed by atoms with Crippen LogP contribution in [0.25, 0.3) is 0 Å². The predicted octanol–water partition coefficient (Wildman–Crippen LogP) is 2.19. The highest BCUT2D eigenvalue weighted by molar-refractivity contribution is 9.10. The van der Waals surface area contributed by atoms with Gasteiger partial charge in [0, 0.05) is 31.4 Å². The number of hydrogen-bond donors (Lipinski definition) is 1. The molecule has 3 rings (SSSR count). The number of imidazole rings is 1. The van der Waals surface area contributed by atoms with E-state index in [0.717, 1.165) is 42.9 Å². The van der Waals surface area contributed by atoms with Gasteiger partial charge in [-0.1, -0.05) is 0 Å². The van der Waals surface area contributed by atoms with Gasteiger partial charge in [-0.3, -0.25) is 4.79 Å². The number of hydrogen-bond acceptors (Lipinski definition) is 3. The SMILES string of the molecule is O=C(O)C1CCc2c(C3CCOCC3)nc(Br)n2C1. The molecule has 6 heteroatoms. The Balaban J connectivity index is 1.89. The van der Waals surface area contributed by atoms with Crippen LogP contribution in [0, 0.1) is 5.92 Å². The topological polar surface area (TPSA) is 64.3 Å². The zero-order valence-electron chi connectivity index (χ0n) is 10.6. The first-order valence-electron chi connectivity index (χ1n) is 6.72. The Bertz CT molecular complexity index is 494. The fraction of sp³-hybridized carbons (Fsp3) is 0.692. The standard InChI is InChI=1S/C13H17BrN2O3/c14-13-15-11(8-3-5-19-6-4-8)10-2-1-9(12(17)18)7-16(10)13/h8-9H,1-7H2,(H,17,18). The molecule has 2 aliphatic rings. The molecule has 0 saturated carbocycles. The Morgan fingerprint density at radius 2 is 2.11 bits per heavy atom. The Morgan fingerprint density at radius 3 is 2.79 bits per heavy atom. The second-order valence-corrected chi connectivity index (χ2v) is 5.99. The minimum absolute atomic E-state index is 0.291. The minimum atomic E-state index is -0.709. The van der Waals surface area contributed by atoms with Crippen LogP contribution < -0.4 is 0 Å². The predicted molar refractivity (Wildman–Crippen MR) is 72.2 cm³/mol. The van der Waals surface area contributed by atoms with E-state index < -0.39 is 5.97 Å². The lowest BCUT2D eigenvalue weighted by Gasteiger charge is -2.25. The van der Waals surface area contributed by atoms with E-state index in [0.29, 0.717) is 18.9 Å². The maximum absolute atomic E-state index is 11.1. The van der Waals surface area contributed by atoms with Crippen molar-refractivity contribution < 1.29 is 14.6 Å². The summed E-state index contributed by atoms with van der Waals surface area (Å²) in [6.07, 6.45) is 3.55. The van der Waals surface area contributed by atoms with Crippen LogP contribution in [0.3, 0.4) is 0 Å². The average Bonchev–Trinajstić information content (AvgIpc) is 2.77. The molecular weight excluding hydrogens is 312 g/mol. The lowest BCUT2D eigenvalue weighted by atomic mass is 9.90. The summed E-state index contributed by atoms with van der Waals surface area (Å²) in [5.41, 5.74) is 2.37. The van der Waals surface area contributed by atoms with Gasteiger partial charge >= 0.3 is 5.97 Å². The zero-order chi connectivity index (χ0) is 13.4. The maximum atomic E-state index is 11.1. The maximum Gasteiger partial charge on any atom is 0.308 e. The van der Waals surface area contributed by atoms with Gasteiger partial charge in [-0.2, -0.15) is 0 Å². The number of aliphatic carboxylic acids is 1. The van der Waals surface area contributed by atoms with Crippen LogP contribution in [0.15, 0.2) is 4.73 Å². The summed E-state index contributed by atoms with van der Waals surface area (Å²) in [5, 5.41) is 9.14. The molecule has 1 N–H and O–H groups in total. The van der Waals surface area contributed by atoms with Gasteiger partial charge in [-0.05, 0) is 41.6 Å². The number of halogens is 1. The summed E-state index contributed by atoms with van der Waals surface area (Å²) in [4.78, 5) is 15.8. The van der Waals surface area contributed by atoms with E-state index in [9.17, 15) is 4.79 Å². The van der Waals surface area contributed by atoms with Crippen molar-refractivity contribution in [2.45, 2.75) is 38.1 Å². The van der Waals surface area contributed by atoms with Crippen LogP contribution in [0.5, 0.6) is 0 Å². The molecule has 3 heterocycles. The molecule has 0 radical (unpaired) electrons.